The van der Waals surface area contributed by atoms with Crippen LogP contribution in [0, 0.1) is 15.9 Å². The molecule has 0 saturated heterocycles. The van der Waals surface area contributed by atoms with Crippen LogP contribution in [0.3, 0.4) is 0 Å². The second-order valence-electron chi connectivity index (χ2n) is 2.90. The average molecular weight is 191 g/mol. The van der Waals surface area contributed by atoms with Crippen molar-refractivity contribution in [3.8, 4) is 0 Å². The SMILES string of the molecule is O=[N+]([O-])c1ccc2c(F)cccc2c1. The summed E-state index contributed by atoms with van der Waals surface area (Å²) in [6.45, 7) is 0. The first-order valence-electron chi connectivity index (χ1n) is 4.01. The molecule has 0 N–H and O–H groups in total. The van der Waals surface area contributed by atoms with E-state index in [1.807, 2.05) is 0 Å². The van der Waals surface area contributed by atoms with E-state index in [2.05, 4.69) is 0 Å². The van der Waals surface area contributed by atoms with Crippen molar-refractivity contribution in [2.45, 2.75) is 0 Å². The Hall–Kier alpha value is -1.97. The van der Waals surface area contributed by atoms with Gasteiger partial charge in [0.2, 0.25) is 0 Å². The van der Waals surface area contributed by atoms with Gasteiger partial charge in [0.25, 0.3) is 5.69 Å². The van der Waals surface area contributed by atoms with Crippen molar-refractivity contribution in [2.75, 3.05) is 0 Å². The van der Waals surface area contributed by atoms with Crippen LogP contribution in [0.5, 0.6) is 0 Å². The second-order valence-corrected chi connectivity index (χ2v) is 2.90. The number of hydrogen-bond donors (Lipinski definition) is 0. The summed E-state index contributed by atoms with van der Waals surface area (Å²) in [5, 5.41) is 11.4. The van der Waals surface area contributed by atoms with Gasteiger partial charge < -0.3 is 0 Å². The van der Waals surface area contributed by atoms with E-state index in [0.717, 1.165) is 0 Å². The van der Waals surface area contributed by atoms with Crippen LogP contribution in [-0.2, 0) is 0 Å². The Morgan fingerprint density at radius 3 is 2.71 bits per heavy atom. The third kappa shape index (κ3) is 1.31. The van der Waals surface area contributed by atoms with Crippen LogP contribution < -0.4 is 0 Å². The molecule has 0 heterocycles. The van der Waals surface area contributed by atoms with E-state index in [0.29, 0.717) is 10.8 Å². The summed E-state index contributed by atoms with van der Waals surface area (Å²) in [6.07, 6.45) is 0. The Morgan fingerprint density at radius 1 is 1.21 bits per heavy atom. The topological polar surface area (TPSA) is 43.1 Å². The molecule has 0 aliphatic heterocycles. The van der Waals surface area contributed by atoms with Crippen LogP contribution in [0.4, 0.5) is 10.1 Å². The Labute approximate surface area is 78.9 Å². The average Bonchev–Trinajstić information content (AvgIpc) is 2.17. The molecule has 0 radical (unpaired) electrons. The molecule has 14 heavy (non-hydrogen) atoms. The van der Waals surface area contributed by atoms with Gasteiger partial charge >= 0.3 is 0 Å². The second kappa shape index (κ2) is 3.06. The molecule has 0 spiro atoms. The molecule has 2 aromatic carbocycles. The zero-order chi connectivity index (χ0) is 10.1. The number of fused-ring (bicyclic) bond motifs is 1. The predicted molar refractivity (Wildman–Crippen MR) is 50.6 cm³/mol. The molecule has 2 rings (SSSR count). The maximum Gasteiger partial charge on any atom is 0.270 e. The Kier molecular flexibility index (Phi) is 1.89. The third-order valence-electron chi connectivity index (χ3n) is 2.02. The van der Waals surface area contributed by atoms with Gasteiger partial charge in [-0.05, 0) is 17.5 Å². The number of benzene rings is 2. The molecule has 0 fully saturated rings. The molecule has 70 valence electrons. The minimum Gasteiger partial charge on any atom is -0.258 e. The van der Waals surface area contributed by atoms with Crippen LogP contribution in [-0.4, -0.2) is 4.92 Å². The fourth-order valence-corrected chi connectivity index (χ4v) is 1.35. The Bertz CT molecular complexity index is 510. The van der Waals surface area contributed by atoms with Crippen molar-refractivity contribution < 1.29 is 9.31 Å². The third-order valence-corrected chi connectivity index (χ3v) is 2.02. The van der Waals surface area contributed by atoms with Gasteiger partial charge in [-0.3, -0.25) is 10.1 Å². The highest BCUT2D eigenvalue weighted by Crippen LogP contribution is 2.22. The summed E-state index contributed by atoms with van der Waals surface area (Å²) >= 11 is 0. The summed E-state index contributed by atoms with van der Waals surface area (Å²) in [6, 6.07) is 8.58. The van der Waals surface area contributed by atoms with E-state index >= 15 is 0 Å². The normalized spacial score (nSPS) is 10.4. The Balaban J connectivity index is 2.73. The number of nitro benzene ring substituents is 1. The highest BCUT2D eigenvalue weighted by atomic mass is 19.1. The number of nitrogens with zero attached hydrogens (tertiary/aromatic N) is 1. The van der Waals surface area contributed by atoms with E-state index in [9.17, 15) is 14.5 Å². The minimum absolute atomic E-state index is 0.0249. The van der Waals surface area contributed by atoms with E-state index in [1.165, 1.54) is 30.3 Å². The van der Waals surface area contributed by atoms with Crippen molar-refractivity contribution >= 4 is 16.5 Å². The van der Waals surface area contributed by atoms with Gasteiger partial charge in [0, 0.05) is 17.5 Å². The first kappa shape index (κ1) is 8.62. The predicted octanol–water partition coefficient (Wildman–Crippen LogP) is 2.89. The maximum atomic E-state index is 13.1. The standard InChI is InChI=1S/C10H6FNO2/c11-10-3-1-2-7-6-8(12(13)14)4-5-9(7)10/h1-6H. The van der Waals surface area contributed by atoms with Gasteiger partial charge in [-0.15, -0.1) is 0 Å². The first-order valence-corrected chi connectivity index (χ1v) is 4.01. The molecule has 0 aliphatic carbocycles. The number of rotatable bonds is 1. The van der Waals surface area contributed by atoms with Gasteiger partial charge in [0.1, 0.15) is 5.82 Å². The zero-order valence-electron chi connectivity index (χ0n) is 7.11. The van der Waals surface area contributed by atoms with E-state index in [4.69, 9.17) is 0 Å². The fourth-order valence-electron chi connectivity index (χ4n) is 1.35. The van der Waals surface area contributed by atoms with Gasteiger partial charge in [-0.2, -0.15) is 0 Å². The van der Waals surface area contributed by atoms with Crippen molar-refractivity contribution in [1.29, 1.82) is 0 Å². The number of halogens is 1. The summed E-state index contributed by atoms with van der Waals surface area (Å²) in [5.41, 5.74) is -0.0249. The van der Waals surface area contributed by atoms with Crippen LogP contribution in [0.15, 0.2) is 36.4 Å². The minimum atomic E-state index is -0.496. The molecule has 2 aromatic rings. The van der Waals surface area contributed by atoms with Gasteiger partial charge in [-0.25, -0.2) is 4.39 Å². The van der Waals surface area contributed by atoms with Gasteiger partial charge in [0.15, 0.2) is 0 Å². The first-order chi connectivity index (χ1) is 6.68. The lowest BCUT2D eigenvalue weighted by atomic mass is 10.1. The number of non-ortho nitro benzene ring substituents is 1. The van der Waals surface area contributed by atoms with Crippen LogP contribution in [0.1, 0.15) is 0 Å². The molecule has 0 aliphatic rings. The maximum absolute atomic E-state index is 13.1. The monoisotopic (exact) mass is 191 g/mol. The molecule has 0 atom stereocenters. The largest absolute Gasteiger partial charge is 0.270 e. The van der Waals surface area contributed by atoms with Gasteiger partial charge in [0.05, 0.1) is 4.92 Å². The van der Waals surface area contributed by atoms with Crippen molar-refractivity contribution in [3.05, 3.63) is 52.3 Å². The van der Waals surface area contributed by atoms with E-state index in [1.54, 1.807) is 6.07 Å². The van der Waals surface area contributed by atoms with Crippen LogP contribution in [0.25, 0.3) is 10.8 Å². The lowest BCUT2D eigenvalue weighted by Crippen LogP contribution is -1.88. The highest BCUT2D eigenvalue weighted by molar-refractivity contribution is 5.85. The molecule has 0 saturated carbocycles. The lowest BCUT2D eigenvalue weighted by molar-refractivity contribution is -0.384. The molecule has 3 nitrogen and oxygen atoms in total. The molecule has 0 bridgehead atoms. The molecule has 0 aromatic heterocycles. The molecule has 0 amide bonds. The quantitative estimate of drug-likeness (QED) is 0.513. The smallest absolute Gasteiger partial charge is 0.258 e. The van der Waals surface area contributed by atoms with Crippen LogP contribution >= 0.6 is 0 Å². The lowest BCUT2D eigenvalue weighted by Gasteiger charge is -1.98. The fraction of sp³-hybridized carbons (Fsp3) is 0. The van der Waals surface area contributed by atoms with Crippen molar-refractivity contribution in [3.63, 3.8) is 0 Å². The molecular formula is C10H6FNO2. The number of nitro groups is 1. The summed E-state index contributed by atoms with van der Waals surface area (Å²) < 4.78 is 13.1. The van der Waals surface area contributed by atoms with Crippen LogP contribution in [0.2, 0.25) is 0 Å². The van der Waals surface area contributed by atoms with Gasteiger partial charge in [-0.1, -0.05) is 12.1 Å². The molecule has 4 heteroatoms. The zero-order valence-corrected chi connectivity index (χ0v) is 7.11. The summed E-state index contributed by atoms with van der Waals surface area (Å²) in [4.78, 5) is 9.95. The van der Waals surface area contributed by atoms with Crippen molar-refractivity contribution in [2.24, 2.45) is 0 Å². The molecule has 0 unspecified atom stereocenters. The molecular weight excluding hydrogens is 185 g/mol. The van der Waals surface area contributed by atoms with E-state index < -0.39 is 4.92 Å². The van der Waals surface area contributed by atoms with Crippen molar-refractivity contribution in [1.82, 2.24) is 0 Å². The Morgan fingerprint density at radius 2 is 2.00 bits per heavy atom. The summed E-state index contributed by atoms with van der Waals surface area (Å²) in [5.74, 6) is -0.364. The number of hydrogen-bond acceptors (Lipinski definition) is 2. The van der Waals surface area contributed by atoms with E-state index in [-0.39, 0.29) is 11.5 Å². The summed E-state index contributed by atoms with van der Waals surface area (Å²) in [7, 11) is 0. The highest BCUT2D eigenvalue weighted by Gasteiger charge is 2.07.